The third-order valence-electron chi connectivity index (χ3n) is 6.25. The van der Waals surface area contributed by atoms with Gasteiger partial charge in [-0.2, -0.15) is 4.91 Å². The van der Waals surface area contributed by atoms with Gasteiger partial charge in [-0.3, -0.25) is 9.88 Å². The van der Waals surface area contributed by atoms with Crippen molar-refractivity contribution >= 4 is 34.0 Å². The van der Waals surface area contributed by atoms with Crippen LogP contribution < -0.4 is 10.2 Å². The number of hydrogen-bond donors (Lipinski definition) is 1. The van der Waals surface area contributed by atoms with E-state index in [0.29, 0.717) is 6.54 Å². The van der Waals surface area contributed by atoms with Gasteiger partial charge < -0.3 is 10.2 Å². The summed E-state index contributed by atoms with van der Waals surface area (Å²) in [7, 11) is 0. The first-order valence-corrected chi connectivity index (χ1v) is 11.2. The number of nitrogens with one attached hydrogen (secondary N) is 1. The van der Waals surface area contributed by atoms with E-state index < -0.39 is 0 Å². The second-order valence-electron chi connectivity index (χ2n) is 8.27. The number of benzene rings is 2. The molecule has 0 atom stereocenters. The van der Waals surface area contributed by atoms with Crippen molar-refractivity contribution in [3.05, 3.63) is 82.9 Å². The minimum absolute atomic E-state index is 0.375. The molecule has 0 saturated carbocycles. The average molecular weight is 426 g/mol. The summed E-state index contributed by atoms with van der Waals surface area (Å²) in [6.45, 7) is 5.00. The molecule has 1 aliphatic heterocycles. The highest BCUT2D eigenvalue weighted by Gasteiger charge is 2.17. The molecule has 0 bridgehead atoms. The number of anilines is 3. The van der Waals surface area contributed by atoms with E-state index in [9.17, 15) is 4.91 Å². The van der Waals surface area contributed by atoms with E-state index in [-0.39, 0.29) is 0 Å². The molecule has 6 heteroatoms. The number of nitroso groups, excluding NO2 is 1. The Hall–Kier alpha value is -3.51. The minimum Gasteiger partial charge on any atom is -0.369 e. The summed E-state index contributed by atoms with van der Waals surface area (Å²) >= 11 is 0. The SMILES string of the molecule is O=NCCN1CCN(c2ccc(Nc3ccnc4cc5c(cc34)CC=CC=C5)cc2)CC1. The summed E-state index contributed by atoms with van der Waals surface area (Å²) in [4.78, 5) is 19.6. The smallest absolute Gasteiger partial charge is 0.0938 e. The predicted octanol–water partition coefficient (Wildman–Crippen LogP) is 4.99. The number of nitrogens with zero attached hydrogens (tertiary/aromatic N) is 4. The van der Waals surface area contributed by atoms with Gasteiger partial charge in [0, 0.05) is 61.4 Å². The lowest BCUT2D eigenvalue weighted by atomic mass is 10.0. The fourth-order valence-corrected chi connectivity index (χ4v) is 4.45. The van der Waals surface area contributed by atoms with Crippen molar-refractivity contribution in [3.8, 4) is 0 Å². The number of aromatic nitrogens is 1. The van der Waals surface area contributed by atoms with E-state index >= 15 is 0 Å². The highest BCUT2D eigenvalue weighted by Crippen LogP contribution is 2.30. The number of hydrogen-bond acceptors (Lipinski definition) is 6. The second-order valence-corrected chi connectivity index (χ2v) is 8.27. The number of piperazine rings is 1. The van der Waals surface area contributed by atoms with Crippen LogP contribution in [0.5, 0.6) is 0 Å². The van der Waals surface area contributed by atoms with Crippen LogP contribution in [0.4, 0.5) is 17.1 Å². The van der Waals surface area contributed by atoms with Crippen molar-refractivity contribution in [1.29, 1.82) is 0 Å². The predicted molar refractivity (Wildman–Crippen MR) is 133 cm³/mol. The molecule has 162 valence electrons. The molecule has 5 rings (SSSR count). The number of allylic oxidation sites excluding steroid dienone is 3. The third-order valence-corrected chi connectivity index (χ3v) is 6.25. The first-order valence-electron chi connectivity index (χ1n) is 11.2. The zero-order valence-electron chi connectivity index (χ0n) is 18.1. The standard InChI is InChI=1S/C26H27N5O/c32-28-12-13-30-14-16-31(17-15-30)23-8-6-22(7-9-23)29-25-10-11-27-26-19-21-5-3-1-2-4-20(21)18-24(25)26/h1-3,5-11,18-19H,4,12-17H2,(H,27,29). The van der Waals surface area contributed by atoms with E-state index in [1.807, 2.05) is 12.3 Å². The molecule has 1 fully saturated rings. The lowest BCUT2D eigenvalue weighted by Gasteiger charge is -2.35. The van der Waals surface area contributed by atoms with E-state index in [0.717, 1.165) is 61.4 Å². The Morgan fingerprint density at radius 1 is 1.00 bits per heavy atom. The molecular weight excluding hydrogens is 398 g/mol. The van der Waals surface area contributed by atoms with E-state index in [1.54, 1.807) is 0 Å². The summed E-state index contributed by atoms with van der Waals surface area (Å²) in [6, 6.07) is 15.1. The molecule has 1 aliphatic carbocycles. The monoisotopic (exact) mass is 425 g/mol. The van der Waals surface area contributed by atoms with Gasteiger partial charge in [0.15, 0.2) is 0 Å². The molecule has 0 spiro atoms. The molecule has 32 heavy (non-hydrogen) atoms. The van der Waals surface area contributed by atoms with Gasteiger partial charge in [0.2, 0.25) is 0 Å². The lowest BCUT2D eigenvalue weighted by Crippen LogP contribution is -2.47. The number of pyridine rings is 1. The number of fused-ring (bicyclic) bond motifs is 2. The van der Waals surface area contributed by atoms with E-state index in [1.165, 1.54) is 16.8 Å². The van der Waals surface area contributed by atoms with Crippen LogP contribution in [-0.4, -0.2) is 49.2 Å². The summed E-state index contributed by atoms with van der Waals surface area (Å²) in [5.41, 5.74) is 6.91. The molecule has 0 unspecified atom stereocenters. The Bertz CT molecular complexity index is 1160. The van der Waals surface area contributed by atoms with Crippen LogP contribution in [0.1, 0.15) is 11.1 Å². The summed E-state index contributed by atoms with van der Waals surface area (Å²) < 4.78 is 0. The van der Waals surface area contributed by atoms with Crippen LogP contribution in [0.15, 0.2) is 72.1 Å². The summed E-state index contributed by atoms with van der Waals surface area (Å²) in [5, 5.41) is 7.70. The topological polar surface area (TPSA) is 60.8 Å². The Morgan fingerprint density at radius 3 is 2.66 bits per heavy atom. The Kier molecular flexibility index (Phi) is 5.94. The molecule has 2 aliphatic rings. The largest absolute Gasteiger partial charge is 0.369 e. The van der Waals surface area contributed by atoms with Crippen LogP contribution in [0.3, 0.4) is 0 Å². The summed E-state index contributed by atoms with van der Waals surface area (Å²) in [5.74, 6) is 0. The Morgan fingerprint density at radius 2 is 1.84 bits per heavy atom. The van der Waals surface area contributed by atoms with Crippen LogP contribution in [0.2, 0.25) is 0 Å². The van der Waals surface area contributed by atoms with Crippen molar-refractivity contribution in [3.63, 3.8) is 0 Å². The van der Waals surface area contributed by atoms with Gasteiger partial charge in [0.1, 0.15) is 0 Å². The van der Waals surface area contributed by atoms with E-state index in [2.05, 4.69) is 86.0 Å². The van der Waals surface area contributed by atoms with Crippen molar-refractivity contribution < 1.29 is 0 Å². The zero-order chi connectivity index (χ0) is 21.8. The maximum atomic E-state index is 10.3. The molecule has 3 aromatic rings. The molecular formula is C26H27N5O. The van der Waals surface area contributed by atoms with Crippen LogP contribution in [0, 0.1) is 4.91 Å². The first kappa shape index (κ1) is 20.4. The second kappa shape index (κ2) is 9.32. The quantitative estimate of drug-likeness (QED) is 0.564. The maximum absolute atomic E-state index is 10.3. The van der Waals surface area contributed by atoms with Crippen molar-refractivity contribution in [2.45, 2.75) is 6.42 Å². The summed E-state index contributed by atoms with van der Waals surface area (Å²) in [6.07, 6.45) is 11.3. The maximum Gasteiger partial charge on any atom is 0.0938 e. The average Bonchev–Trinajstić information content (AvgIpc) is 3.07. The van der Waals surface area contributed by atoms with Crippen molar-refractivity contribution in [2.24, 2.45) is 5.18 Å². The molecule has 2 heterocycles. The van der Waals surface area contributed by atoms with Gasteiger partial charge in [-0.25, -0.2) is 0 Å². The van der Waals surface area contributed by atoms with Gasteiger partial charge in [0.25, 0.3) is 0 Å². The molecule has 0 amide bonds. The molecule has 1 saturated heterocycles. The minimum atomic E-state index is 0.375. The Labute approximate surface area is 188 Å². The van der Waals surface area contributed by atoms with Crippen LogP contribution in [0.25, 0.3) is 17.0 Å². The van der Waals surface area contributed by atoms with E-state index in [4.69, 9.17) is 0 Å². The third kappa shape index (κ3) is 4.41. The molecule has 1 N–H and O–H groups in total. The molecule has 0 radical (unpaired) electrons. The van der Waals surface area contributed by atoms with Crippen LogP contribution in [-0.2, 0) is 6.42 Å². The highest BCUT2D eigenvalue weighted by molar-refractivity contribution is 5.95. The number of rotatable bonds is 6. The van der Waals surface area contributed by atoms with Crippen LogP contribution >= 0.6 is 0 Å². The fraction of sp³-hybridized carbons (Fsp3) is 0.269. The van der Waals surface area contributed by atoms with Crippen molar-refractivity contribution in [1.82, 2.24) is 9.88 Å². The van der Waals surface area contributed by atoms with Gasteiger partial charge in [-0.05, 0) is 60.0 Å². The molecule has 1 aromatic heterocycles. The van der Waals surface area contributed by atoms with Crippen molar-refractivity contribution in [2.75, 3.05) is 49.5 Å². The lowest BCUT2D eigenvalue weighted by molar-refractivity contribution is 0.265. The fourth-order valence-electron chi connectivity index (χ4n) is 4.45. The van der Waals surface area contributed by atoms with Gasteiger partial charge in [0.05, 0.1) is 12.1 Å². The molecule has 2 aromatic carbocycles. The van der Waals surface area contributed by atoms with Gasteiger partial charge in [-0.15, -0.1) is 0 Å². The molecule has 6 nitrogen and oxygen atoms in total. The highest BCUT2D eigenvalue weighted by atomic mass is 16.3. The van der Waals surface area contributed by atoms with Gasteiger partial charge in [-0.1, -0.05) is 29.5 Å². The zero-order valence-corrected chi connectivity index (χ0v) is 18.1. The van der Waals surface area contributed by atoms with Gasteiger partial charge >= 0.3 is 0 Å². The Balaban J connectivity index is 1.31. The normalized spacial score (nSPS) is 16.1. The first-order chi connectivity index (χ1) is 15.8.